The van der Waals surface area contributed by atoms with Crippen LogP contribution < -0.4 is 4.74 Å². The van der Waals surface area contributed by atoms with E-state index < -0.39 is 199 Å². The quantitative estimate of drug-likeness (QED) is 0.0678. The van der Waals surface area contributed by atoms with Crippen molar-refractivity contribution in [1.29, 1.82) is 0 Å². The number of non-ortho nitro benzene ring substituents is 1. The number of nitrogens with zero attached hydrogens (tertiary/aromatic N) is 2. The third-order valence-electron chi connectivity index (χ3n) is 10.4. The number of benzene rings is 1. The molecule has 0 bridgehead atoms. The van der Waals surface area contributed by atoms with E-state index in [0.29, 0.717) is 6.07 Å². The Kier molecular flexibility index (Phi) is 21.8. The molecule has 3 aliphatic rings. The molecule has 3 heterocycles. The van der Waals surface area contributed by atoms with Crippen molar-refractivity contribution in [1.82, 2.24) is 0 Å². The van der Waals surface area contributed by atoms with Gasteiger partial charge in [-0.25, -0.2) is 0 Å². The third kappa shape index (κ3) is 17.2. The largest absolute Gasteiger partial charge is 0.463 e. The van der Waals surface area contributed by atoms with Gasteiger partial charge in [-0.05, 0) is 6.07 Å². The van der Waals surface area contributed by atoms with Crippen molar-refractivity contribution in [2.24, 2.45) is 0 Å². The molecule has 0 aromatic heterocycles. The molecule has 0 N–H and O–H groups in total. The highest BCUT2D eigenvalue weighted by molar-refractivity contribution is 5.70. The summed E-state index contributed by atoms with van der Waals surface area (Å²) < 4.78 is 91.6. The van der Waals surface area contributed by atoms with Crippen LogP contribution in [0.5, 0.6) is 5.75 Å². The zero-order valence-electron chi connectivity index (χ0n) is 42.2. The molecular weight excluding hydrogens is 1040 g/mol. The van der Waals surface area contributed by atoms with Crippen molar-refractivity contribution in [3.8, 4) is 5.75 Å². The fourth-order valence-corrected chi connectivity index (χ4v) is 7.84. The number of ether oxygens (including phenoxy) is 16. The maximum Gasteiger partial charge on any atom is 0.317 e. The molecule has 420 valence electrons. The Morgan fingerprint density at radius 3 is 1.04 bits per heavy atom. The van der Waals surface area contributed by atoms with Crippen molar-refractivity contribution in [3.63, 3.8) is 0 Å². The van der Waals surface area contributed by atoms with Crippen molar-refractivity contribution >= 4 is 71.1 Å². The average molecular weight is 1090 g/mol. The van der Waals surface area contributed by atoms with Crippen LogP contribution in [0.2, 0.25) is 0 Å². The maximum atomic E-state index is 13.1. The molecule has 0 unspecified atom stereocenters. The molecule has 3 saturated heterocycles. The van der Waals surface area contributed by atoms with Crippen molar-refractivity contribution < 1.29 is 134 Å². The number of hydrogen-bond acceptors (Lipinski definition) is 30. The number of nitro benzene ring substituents is 2. The lowest BCUT2D eigenvalue weighted by atomic mass is 9.95. The summed E-state index contributed by atoms with van der Waals surface area (Å²) in [7, 11) is 0. The summed E-state index contributed by atoms with van der Waals surface area (Å²) in [6.45, 7) is 6.83. The van der Waals surface area contributed by atoms with Crippen LogP contribution in [-0.2, 0) is 119 Å². The van der Waals surface area contributed by atoms with Crippen LogP contribution >= 0.6 is 0 Å². The lowest BCUT2D eigenvalue weighted by Crippen LogP contribution is -2.69. The summed E-state index contributed by atoms with van der Waals surface area (Å²) in [4.78, 5) is 148. The maximum absolute atomic E-state index is 13.1. The van der Waals surface area contributed by atoms with Gasteiger partial charge < -0.3 is 75.8 Å². The Balaban J connectivity index is 1.94. The topological polar surface area (TPSA) is 405 Å². The van der Waals surface area contributed by atoms with Gasteiger partial charge in [-0.1, -0.05) is 0 Å². The number of rotatable bonds is 21. The molecule has 4 rings (SSSR count). The Labute approximate surface area is 429 Å². The molecule has 32 nitrogen and oxygen atoms in total. The molecule has 32 heteroatoms. The Bertz CT molecular complexity index is 2380. The smallest absolute Gasteiger partial charge is 0.317 e. The van der Waals surface area contributed by atoms with Gasteiger partial charge in [-0.3, -0.25) is 68.2 Å². The van der Waals surface area contributed by atoms with Gasteiger partial charge in [0.2, 0.25) is 18.1 Å². The van der Waals surface area contributed by atoms with E-state index in [-0.39, 0.29) is 0 Å². The minimum atomic E-state index is -2.18. The van der Waals surface area contributed by atoms with Crippen LogP contribution in [0.1, 0.15) is 69.2 Å². The van der Waals surface area contributed by atoms with Crippen LogP contribution in [0.25, 0.3) is 0 Å². The van der Waals surface area contributed by atoms with E-state index in [1.807, 2.05) is 0 Å². The third-order valence-corrected chi connectivity index (χ3v) is 10.4. The number of carbonyl (C=O) groups is 10. The van der Waals surface area contributed by atoms with Crippen molar-refractivity contribution in [2.75, 3.05) is 19.8 Å². The first-order valence-corrected chi connectivity index (χ1v) is 22.5. The second-order valence-corrected chi connectivity index (χ2v) is 16.5. The number of esters is 10. The Morgan fingerprint density at radius 2 is 0.711 bits per heavy atom. The van der Waals surface area contributed by atoms with Crippen LogP contribution in [-0.4, -0.2) is 181 Å². The van der Waals surface area contributed by atoms with Gasteiger partial charge in [0.25, 0.3) is 5.69 Å². The van der Waals surface area contributed by atoms with E-state index in [1.54, 1.807) is 0 Å². The van der Waals surface area contributed by atoms with E-state index in [0.717, 1.165) is 81.4 Å². The van der Waals surface area contributed by atoms with Gasteiger partial charge >= 0.3 is 65.4 Å². The highest BCUT2D eigenvalue weighted by Gasteiger charge is 2.60. The number of carbonyl (C=O) groups excluding carboxylic acids is 10. The summed E-state index contributed by atoms with van der Waals surface area (Å²) in [5.41, 5.74) is -1.73. The van der Waals surface area contributed by atoms with Crippen LogP contribution in [0.4, 0.5) is 11.4 Å². The van der Waals surface area contributed by atoms with E-state index in [1.165, 1.54) is 0 Å². The van der Waals surface area contributed by atoms with Crippen LogP contribution in [0.3, 0.4) is 0 Å². The van der Waals surface area contributed by atoms with Crippen LogP contribution in [0.15, 0.2) is 18.2 Å². The SMILES string of the molecule is CC(=O)OC[C@H]1O[C@H](O[C@H]2[C@H](OC(C)=O)[C@@H](OC(C)=O)[C@@H](O[C@H]3[C@H](OC(C)=O)[C@@H](OC(C)=O)[C@H](Oc4ccc([N+](=O)[O-])cc4[N+](=O)[O-])O[C@@H]3COC(C)=O)O[C@@H]2COC(C)=O)[C@H](OC(C)=O)[C@@H](OC(C)=O)[C@@H]1OC(C)=O. The van der Waals surface area contributed by atoms with Gasteiger partial charge in [-0.15, -0.1) is 0 Å². The molecule has 1 aromatic carbocycles. The standard InChI is InChI=1S/C44H54N2O30/c1-17(47)61-14-30-33(64-20(4)50)36(65-21(5)51)40(69-25(9)55)43(73-30)76-35-32(16-63-19(3)49)74-44(41(70-26(10)56)38(35)67-23(7)53)75-34-31(15-62-18(2)48)72-42(39(68-24(8)54)37(34)66-22(6)52)71-29-12-11-27(45(57)58)13-28(29)46(59)60/h11-13,30-44H,14-16H2,1-10H3/t30-,31-,32-,33-,34-,35-,36+,37+,38+,39-,40-,41-,42-,43-,44-/m1/s1. The van der Waals surface area contributed by atoms with Gasteiger partial charge in [0.05, 0.1) is 15.9 Å². The lowest BCUT2D eigenvalue weighted by Gasteiger charge is -2.50. The zero-order valence-corrected chi connectivity index (χ0v) is 42.2. The summed E-state index contributed by atoms with van der Waals surface area (Å²) in [5.74, 6) is -11.1. The van der Waals surface area contributed by atoms with E-state index in [2.05, 4.69) is 0 Å². The zero-order chi connectivity index (χ0) is 56.9. The van der Waals surface area contributed by atoms with Crippen LogP contribution in [0, 0.1) is 20.2 Å². The number of nitro groups is 2. The summed E-state index contributed by atoms with van der Waals surface area (Å²) in [6.07, 6.45) is -29.2. The van der Waals surface area contributed by atoms with Gasteiger partial charge in [0, 0.05) is 75.3 Å². The molecule has 1 aromatic rings. The summed E-state index contributed by atoms with van der Waals surface area (Å²) >= 11 is 0. The van der Waals surface area contributed by atoms with Gasteiger partial charge in [0.15, 0.2) is 49.2 Å². The van der Waals surface area contributed by atoms with Gasteiger partial charge in [0.1, 0.15) is 50.3 Å². The second kappa shape index (κ2) is 27.2. The first-order chi connectivity index (χ1) is 35.6. The van der Waals surface area contributed by atoms with Gasteiger partial charge in [-0.2, -0.15) is 0 Å². The predicted octanol–water partition coefficient (Wildman–Crippen LogP) is 0.0381. The molecule has 0 amide bonds. The Hall–Kier alpha value is -7.68. The molecule has 0 radical (unpaired) electrons. The predicted molar refractivity (Wildman–Crippen MR) is 235 cm³/mol. The van der Waals surface area contributed by atoms with Crippen molar-refractivity contribution in [3.05, 3.63) is 38.4 Å². The minimum Gasteiger partial charge on any atom is -0.463 e. The lowest BCUT2D eigenvalue weighted by molar-refractivity contribution is -0.395. The van der Waals surface area contributed by atoms with Crippen molar-refractivity contribution in [2.45, 2.75) is 161 Å². The monoisotopic (exact) mass is 1090 g/mol. The normalized spacial score (nSPS) is 28.8. The van der Waals surface area contributed by atoms with E-state index >= 15 is 0 Å². The molecule has 3 aliphatic heterocycles. The molecule has 76 heavy (non-hydrogen) atoms. The molecular formula is C44H54N2O30. The average Bonchev–Trinajstić information content (AvgIpc) is 3.28. The second-order valence-electron chi connectivity index (χ2n) is 16.5. The fraction of sp³-hybridized carbons (Fsp3) is 0.636. The first-order valence-electron chi connectivity index (χ1n) is 22.5. The molecule has 0 aliphatic carbocycles. The summed E-state index contributed by atoms with van der Waals surface area (Å²) in [6, 6.07) is 2.18. The number of hydrogen-bond donors (Lipinski definition) is 0. The van der Waals surface area contributed by atoms with E-state index in [4.69, 9.17) is 75.8 Å². The Morgan fingerprint density at radius 1 is 0.408 bits per heavy atom. The summed E-state index contributed by atoms with van der Waals surface area (Å²) in [5, 5.41) is 23.6. The molecule has 0 spiro atoms. The van der Waals surface area contributed by atoms with E-state index in [9.17, 15) is 68.2 Å². The minimum absolute atomic E-state index is 0.541. The molecule has 3 fully saturated rings. The highest BCUT2D eigenvalue weighted by atomic mass is 16.8. The first kappa shape index (κ1) is 60.9. The molecule has 0 saturated carbocycles. The highest BCUT2D eigenvalue weighted by Crippen LogP contribution is 2.40. The molecule has 15 atom stereocenters. The fourth-order valence-electron chi connectivity index (χ4n) is 7.84.